The second-order valence-electron chi connectivity index (χ2n) is 6.59. The standard InChI is InChI=1S/C14H23NO4/c1-13(2)8-10(13)11(16)15-6-4-14(5-7-15,9-19-3)12(17)18/h10H,4-9H2,1-3H3,(H,17,18). The van der Waals surface area contributed by atoms with Crippen LogP contribution in [0.1, 0.15) is 33.1 Å². The maximum atomic E-state index is 12.3. The Morgan fingerprint density at radius 2 is 1.84 bits per heavy atom. The van der Waals surface area contributed by atoms with Crippen molar-refractivity contribution in [2.45, 2.75) is 33.1 Å². The zero-order chi connectivity index (χ0) is 14.3. The van der Waals surface area contributed by atoms with Gasteiger partial charge in [-0.1, -0.05) is 13.8 Å². The minimum atomic E-state index is -0.815. The van der Waals surface area contributed by atoms with Crippen molar-refractivity contribution in [3.63, 3.8) is 0 Å². The molecule has 1 saturated heterocycles. The SMILES string of the molecule is COCC1(C(=O)O)CCN(C(=O)C2CC2(C)C)CC1. The Morgan fingerprint density at radius 1 is 1.32 bits per heavy atom. The van der Waals surface area contributed by atoms with Gasteiger partial charge in [-0.2, -0.15) is 0 Å². The highest BCUT2D eigenvalue weighted by atomic mass is 16.5. The summed E-state index contributed by atoms with van der Waals surface area (Å²) in [6.45, 7) is 5.49. The van der Waals surface area contributed by atoms with E-state index >= 15 is 0 Å². The highest BCUT2D eigenvalue weighted by Crippen LogP contribution is 2.52. The quantitative estimate of drug-likeness (QED) is 0.837. The molecule has 1 atom stereocenters. The molecule has 0 aromatic heterocycles. The van der Waals surface area contributed by atoms with Crippen molar-refractivity contribution in [1.29, 1.82) is 0 Å². The summed E-state index contributed by atoms with van der Waals surface area (Å²) in [4.78, 5) is 25.5. The van der Waals surface area contributed by atoms with E-state index in [-0.39, 0.29) is 23.8 Å². The molecule has 1 aliphatic carbocycles. The summed E-state index contributed by atoms with van der Waals surface area (Å²) < 4.78 is 5.05. The number of nitrogens with zero attached hydrogens (tertiary/aromatic N) is 1. The zero-order valence-corrected chi connectivity index (χ0v) is 11.9. The molecule has 0 spiro atoms. The number of aliphatic carboxylic acids is 1. The summed E-state index contributed by atoms with van der Waals surface area (Å²) in [6, 6.07) is 0. The monoisotopic (exact) mass is 269 g/mol. The van der Waals surface area contributed by atoms with Crippen molar-refractivity contribution in [1.82, 2.24) is 4.90 Å². The van der Waals surface area contributed by atoms with Gasteiger partial charge in [-0.3, -0.25) is 9.59 Å². The van der Waals surface area contributed by atoms with Gasteiger partial charge in [0.25, 0.3) is 0 Å². The molecule has 1 amide bonds. The van der Waals surface area contributed by atoms with Gasteiger partial charge in [0.05, 0.1) is 12.0 Å². The maximum Gasteiger partial charge on any atom is 0.312 e. The third-order valence-corrected chi connectivity index (χ3v) is 4.72. The Labute approximate surface area is 113 Å². The first-order chi connectivity index (χ1) is 8.82. The van der Waals surface area contributed by atoms with Crippen LogP contribution in [0.15, 0.2) is 0 Å². The molecule has 5 heteroatoms. The van der Waals surface area contributed by atoms with Gasteiger partial charge in [0.2, 0.25) is 5.91 Å². The van der Waals surface area contributed by atoms with Crippen molar-refractivity contribution in [3.05, 3.63) is 0 Å². The predicted molar refractivity (Wildman–Crippen MR) is 69.6 cm³/mol. The van der Waals surface area contributed by atoms with Crippen molar-refractivity contribution < 1.29 is 19.4 Å². The first kappa shape index (κ1) is 14.3. The van der Waals surface area contributed by atoms with E-state index in [4.69, 9.17) is 4.74 Å². The van der Waals surface area contributed by atoms with E-state index in [1.807, 2.05) is 4.90 Å². The number of piperidine rings is 1. The lowest BCUT2D eigenvalue weighted by Gasteiger charge is -2.38. The average Bonchev–Trinajstić information content (AvgIpc) is 2.98. The molecular weight excluding hydrogens is 246 g/mol. The molecule has 1 unspecified atom stereocenters. The van der Waals surface area contributed by atoms with Gasteiger partial charge >= 0.3 is 5.97 Å². The van der Waals surface area contributed by atoms with Gasteiger partial charge in [-0.25, -0.2) is 0 Å². The fourth-order valence-electron chi connectivity index (χ4n) is 2.96. The van der Waals surface area contributed by atoms with Gasteiger partial charge in [-0.15, -0.1) is 0 Å². The van der Waals surface area contributed by atoms with E-state index in [0.29, 0.717) is 25.9 Å². The van der Waals surface area contributed by atoms with Crippen LogP contribution in [0.5, 0.6) is 0 Å². The molecule has 0 aromatic carbocycles. The molecule has 0 bridgehead atoms. The molecule has 2 aliphatic rings. The number of amides is 1. The first-order valence-electron chi connectivity index (χ1n) is 6.83. The normalized spacial score (nSPS) is 27.9. The second kappa shape index (κ2) is 4.78. The third kappa shape index (κ3) is 2.61. The fraction of sp³-hybridized carbons (Fsp3) is 0.857. The summed E-state index contributed by atoms with van der Waals surface area (Å²) in [6.07, 6.45) is 1.91. The molecule has 2 rings (SSSR count). The summed E-state index contributed by atoms with van der Waals surface area (Å²) in [5.41, 5.74) is -0.685. The number of methoxy groups -OCH3 is 1. The third-order valence-electron chi connectivity index (χ3n) is 4.72. The number of carbonyl (C=O) groups is 2. The summed E-state index contributed by atoms with van der Waals surface area (Å²) in [7, 11) is 1.52. The smallest absolute Gasteiger partial charge is 0.312 e. The second-order valence-corrected chi connectivity index (χ2v) is 6.59. The summed E-state index contributed by atoms with van der Waals surface area (Å²) in [5.74, 6) is -0.484. The van der Waals surface area contributed by atoms with Crippen molar-refractivity contribution in [2.24, 2.45) is 16.7 Å². The van der Waals surface area contributed by atoms with Crippen LogP contribution in [0.25, 0.3) is 0 Å². The van der Waals surface area contributed by atoms with Crippen LogP contribution < -0.4 is 0 Å². The van der Waals surface area contributed by atoms with Crippen molar-refractivity contribution >= 4 is 11.9 Å². The summed E-state index contributed by atoms with van der Waals surface area (Å²) >= 11 is 0. The number of likely N-dealkylation sites (tertiary alicyclic amines) is 1. The first-order valence-corrected chi connectivity index (χ1v) is 6.83. The number of hydrogen-bond acceptors (Lipinski definition) is 3. The number of hydrogen-bond donors (Lipinski definition) is 1. The van der Waals surface area contributed by atoms with Crippen LogP contribution in [0.2, 0.25) is 0 Å². The Balaban J connectivity index is 1.95. The van der Waals surface area contributed by atoms with E-state index in [1.54, 1.807) is 0 Å². The lowest BCUT2D eigenvalue weighted by atomic mass is 9.79. The van der Waals surface area contributed by atoms with E-state index in [1.165, 1.54) is 7.11 Å². The van der Waals surface area contributed by atoms with Gasteiger partial charge < -0.3 is 14.7 Å². The Morgan fingerprint density at radius 3 is 2.21 bits per heavy atom. The van der Waals surface area contributed by atoms with Crippen LogP contribution in [0, 0.1) is 16.7 Å². The van der Waals surface area contributed by atoms with Crippen LogP contribution in [0.4, 0.5) is 0 Å². The topological polar surface area (TPSA) is 66.8 Å². The zero-order valence-electron chi connectivity index (χ0n) is 11.9. The Kier molecular flexibility index (Phi) is 3.60. The molecule has 1 heterocycles. The average molecular weight is 269 g/mol. The molecule has 1 N–H and O–H groups in total. The molecular formula is C14H23NO4. The molecule has 0 aromatic rings. The van der Waals surface area contributed by atoms with Gasteiger partial charge in [-0.05, 0) is 24.7 Å². The van der Waals surface area contributed by atoms with Crippen LogP contribution in [0.3, 0.4) is 0 Å². The number of carboxylic acids is 1. The fourth-order valence-corrected chi connectivity index (χ4v) is 2.96. The van der Waals surface area contributed by atoms with E-state index in [9.17, 15) is 14.7 Å². The van der Waals surface area contributed by atoms with E-state index < -0.39 is 11.4 Å². The summed E-state index contributed by atoms with van der Waals surface area (Å²) in [5, 5.41) is 9.37. The molecule has 108 valence electrons. The van der Waals surface area contributed by atoms with Gasteiger partial charge in [0.1, 0.15) is 0 Å². The van der Waals surface area contributed by atoms with Gasteiger partial charge in [0.15, 0.2) is 0 Å². The number of rotatable bonds is 4. The van der Waals surface area contributed by atoms with Gasteiger partial charge in [0, 0.05) is 26.1 Å². The highest BCUT2D eigenvalue weighted by Gasteiger charge is 2.53. The Bertz CT molecular complexity index is 383. The highest BCUT2D eigenvalue weighted by molar-refractivity contribution is 5.83. The molecule has 1 aliphatic heterocycles. The largest absolute Gasteiger partial charge is 0.481 e. The number of ether oxygens (including phenoxy) is 1. The van der Waals surface area contributed by atoms with Crippen LogP contribution >= 0.6 is 0 Å². The minimum absolute atomic E-state index is 0.130. The molecule has 19 heavy (non-hydrogen) atoms. The lowest BCUT2D eigenvalue weighted by molar-refractivity contribution is -0.158. The minimum Gasteiger partial charge on any atom is -0.481 e. The molecule has 2 fully saturated rings. The molecule has 1 saturated carbocycles. The predicted octanol–water partition coefficient (Wildman–Crippen LogP) is 1.37. The molecule has 0 radical (unpaired) electrons. The van der Waals surface area contributed by atoms with Crippen molar-refractivity contribution in [2.75, 3.05) is 26.8 Å². The lowest BCUT2D eigenvalue weighted by Crippen LogP contribution is -2.49. The van der Waals surface area contributed by atoms with Crippen LogP contribution in [-0.4, -0.2) is 48.7 Å². The Hall–Kier alpha value is -1.10. The maximum absolute atomic E-state index is 12.3. The van der Waals surface area contributed by atoms with E-state index in [0.717, 1.165) is 6.42 Å². The molecule has 5 nitrogen and oxygen atoms in total. The van der Waals surface area contributed by atoms with E-state index in [2.05, 4.69) is 13.8 Å². The number of carbonyl (C=O) groups excluding carboxylic acids is 1. The van der Waals surface area contributed by atoms with Crippen LogP contribution in [-0.2, 0) is 14.3 Å². The van der Waals surface area contributed by atoms with Crippen molar-refractivity contribution in [3.8, 4) is 0 Å². The number of carboxylic acid groups (broad SMARTS) is 1.